The molecule has 2 aromatic carbocycles. The van der Waals surface area contributed by atoms with Crippen LogP contribution in [0.25, 0.3) is 0 Å². The third-order valence-electron chi connectivity index (χ3n) is 4.74. The molecule has 1 amide bonds. The first-order valence-corrected chi connectivity index (χ1v) is 10.9. The van der Waals surface area contributed by atoms with E-state index in [-0.39, 0.29) is 23.5 Å². The summed E-state index contributed by atoms with van der Waals surface area (Å²) < 4.78 is 34.4. The average Bonchev–Trinajstić information content (AvgIpc) is 3.29. The molecule has 0 saturated carbocycles. The van der Waals surface area contributed by atoms with E-state index < -0.39 is 15.9 Å². The van der Waals surface area contributed by atoms with Crippen molar-refractivity contribution >= 4 is 21.6 Å². The number of carbonyl (C=O) groups excluding carboxylic acids is 1. The van der Waals surface area contributed by atoms with Crippen molar-refractivity contribution < 1.29 is 17.9 Å². The summed E-state index contributed by atoms with van der Waals surface area (Å²) in [6.45, 7) is 1.79. The summed E-state index contributed by atoms with van der Waals surface area (Å²) in [4.78, 5) is 16.8. The van der Waals surface area contributed by atoms with Crippen molar-refractivity contribution in [1.82, 2.24) is 19.1 Å². The van der Waals surface area contributed by atoms with E-state index in [0.717, 1.165) is 5.56 Å². The number of amides is 1. The van der Waals surface area contributed by atoms with E-state index in [0.29, 0.717) is 25.4 Å². The number of morpholine rings is 1. The second-order valence-corrected chi connectivity index (χ2v) is 8.66. The van der Waals surface area contributed by atoms with Crippen LogP contribution in [0.1, 0.15) is 15.9 Å². The molecule has 9 nitrogen and oxygen atoms in total. The smallest absolute Gasteiger partial charge is 0.257 e. The molecule has 1 fully saturated rings. The van der Waals surface area contributed by atoms with Crippen molar-refractivity contribution in [3.63, 3.8) is 0 Å². The molecule has 30 heavy (non-hydrogen) atoms. The molecule has 0 atom stereocenters. The normalized spacial score (nSPS) is 15.1. The van der Waals surface area contributed by atoms with E-state index in [1.165, 1.54) is 22.8 Å². The van der Waals surface area contributed by atoms with Crippen LogP contribution in [-0.4, -0.2) is 59.7 Å². The number of nitrogens with one attached hydrogen (secondary N) is 1. The number of ether oxygens (including phenoxy) is 1. The van der Waals surface area contributed by atoms with Gasteiger partial charge in [-0.25, -0.2) is 18.1 Å². The number of anilines is 1. The molecule has 1 saturated heterocycles. The monoisotopic (exact) mass is 427 g/mol. The summed E-state index contributed by atoms with van der Waals surface area (Å²) >= 11 is 0. The van der Waals surface area contributed by atoms with Crippen molar-refractivity contribution in [3.8, 4) is 0 Å². The maximum absolute atomic E-state index is 13.0. The molecule has 3 aromatic rings. The predicted octanol–water partition coefficient (Wildman–Crippen LogP) is 1.60. The SMILES string of the molecule is O=C(Nc1ccc(Cn2cncn2)cc1)c1ccccc1S(=O)(=O)N1CCOCC1. The highest BCUT2D eigenvalue weighted by Crippen LogP contribution is 2.22. The standard InChI is InChI=1S/C20H21N5O4S/c26-20(23-17-7-5-16(6-8-17)13-24-15-21-14-22-24)18-3-1-2-4-19(18)30(27,28)25-9-11-29-12-10-25/h1-8,14-15H,9-13H2,(H,23,26). The largest absolute Gasteiger partial charge is 0.379 e. The molecule has 1 aliphatic heterocycles. The molecule has 10 heteroatoms. The molecule has 1 aliphatic rings. The van der Waals surface area contributed by atoms with Crippen LogP contribution in [0, 0.1) is 0 Å². The lowest BCUT2D eigenvalue weighted by molar-refractivity contribution is 0.0730. The maximum atomic E-state index is 13.0. The van der Waals surface area contributed by atoms with Gasteiger partial charge in [-0.15, -0.1) is 0 Å². The number of nitrogens with zero attached hydrogens (tertiary/aromatic N) is 4. The van der Waals surface area contributed by atoms with Gasteiger partial charge in [0.2, 0.25) is 10.0 Å². The number of sulfonamides is 1. The molecule has 0 radical (unpaired) electrons. The lowest BCUT2D eigenvalue weighted by atomic mass is 10.2. The second-order valence-electron chi connectivity index (χ2n) is 6.76. The van der Waals surface area contributed by atoms with Crippen LogP contribution in [0.3, 0.4) is 0 Å². The zero-order valence-corrected chi connectivity index (χ0v) is 17.0. The fourth-order valence-corrected chi connectivity index (χ4v) is 4.80. The molecule has 1 aromatic heterocycles. The highest BCUT2D eigenvalue weighted by molar-refractivity contribution is 7.89. The highest BCUT2D eigenvalue weighted by Gasteiger charge is 2.30. The van der Waals surface area contributed by atoms with Gasteiger partial charge in [-0.05, 0) is 29.8 Å². The van der Waals surface area contributed by atoms with Gasteiger partial charge in [-0.3, -0.25) is 4.79 Å². The molecular weight excluding hydrogens is 406 g/mol. The molecule has 0 spiro atoms. The zero-order valence-electron chi connectivity index (χ0n) is 16.1. The summed E-state index contributed by atoms with van der Waals surface area (Å²) in [7, 11) is -3.79. The third-order valence-corrected chi connectivity index (χ3v) is 6.70. The average molecular weight is 427 g/mol. The van der Waals surface area contributed by atoms with Gasteiger partial charge < -0.3 is 10.1 Å². The minimum Gasteiger partial charge on any atom is -0.379 e. The van der Waals surface area contributed by atoms with Crippen molar-refractivity contribution in [2.75, 3.05) is 31.6 Å². The van der Waals surface area contributed by atoms with Crippen molar-refractivity contribution in [2.24, 2.45) is 0 Å². The van der Waals surface area contributed by atoms with Crippen LogP contribution < -0.4 is 5.32 Å². The molecule has 0 unspecified atom stereocenters. The Labute approximate surface area is 174 Å². The van der Waals surface area contributed by atoms with Crippen LogP contribution in [0.15, 0.2) is 66.1 Å². The van der Waals surface area contributed by atoms with Gasteiger partial charge in [-0.2, -0.15) is 9.40 Å². The Balaban J connectivity index is 1.51. The van der Waals surface area contributed by atoms with Gasteiger partial charge in [0.25, 0.3) is 5.91 Å². The number of rotatable bonds is 6. The fourth-order valence-electron chi connectivity index (χ4n) is 3.20. The Kier molecular flexibility index (Phi) is 5.88. The van der Waals surface area contributed by atoms with Crippen LogP contribution in [0.5, 0.6) is 0 Å². The van der Waals surface area contributed by atoms with E-state index in [1.807, 2.05) is 12.1 Å². The summed E-state index contributed by atoms with van der Waals surface area (Å²) in [5.74, 6) is -0.480. The summed E-state index contributed by atoms with van der Waals surface area (Å²) in [6, 6.07) is 13.5. The molecule has 0 aliphatic carbocycles. The summed E-state index contributed by atoms with van der Waals surface area (Å²) in [5.41, 5.74) is 1.67. The van der Waals surface area contributed by atoms with Gasteiger partial charge in [0.15, 0.2) is 0 Å². The van der Waals surface area contributed by atoms with Crippen LogP contribution in [0.2, 0.25) is 0 Å². The van der Waals surface area contributed by atoms with Crippen molar-refractivity contribution in [3.05, 3.63) is 72.3 Å². The molecule has 0 bridgehead atoms. The van der Waals surface area contributed by atoms with E-state index in [2.05, 4.69) is 15.4 Å². The number of benzene rings is 2. The Morgan fingerprint density at radius 3 is 2.50 bits per heavy atom. The number of carbonyl (C=O) groups is 1. The Morgan fingerprint density at radius 1 is 1.07 bits per heavy atom. The quantitative estimate of drug-likeness (QED) is 0.640. The van der Waals surface area contributed by atoms with Gasteiger partial charge in [0, 0.05) is 18.8 Å². The minimum atomic E-state index is -3.79. The number of aromatic nitrogens is 3. The molecule has 156 valence electrons. The first-order chi connectivity index (χ1) is 14.5. The van der Waals surface area contributed by atoms with Crippen LogP contribution in [0.4, 0.5) is 5.69 Å². The topological polar surface area (TPSA) is 106 Å². The van der Waals surface area contributed by atoms with E-state index >= 15 is 0 Å². The Morgan fingerprint density at radius 2 is 1.80 bits per heavy atom. The van der Waals surface area contributed by atoms with E-state index in [1.54, 1.807) is 35.3 Å². The maximum Gasteiger partial charge on any atom is 0.257 e. The summed E-state index contributed by atoms with van der Waals surface area (Å²) in [5, 5.41) is 6.84. The van der Waals surface area contributed by atoms with Crippen LogP contribution in [-0.2, 0) is 21.3 Å². The van der Waals surface area contributed by atoms with Gasteiger partial charge in [0.1, 0.15) is 12.7 Å². The van der Waals surface area contributed by atoms with Gasteiger partial charge in [0.05, 0.1) is 30.2 Å². The minimum absolute atomic E-state index is 0.00722. The highest BCUT2D eigenvalue weighted by atomic mass is 32.2. The lowest BCUT2D eigenvalue weighted by Crippen LogP contribution is -2.41. The molecule has 2 heterocycles. The number of hydrogen-bond acceptors (Lipinski definition) is 6. The van der Waals surface area contributed by atoms with Gasteiger partial charge in [-0.1, -0.05) is 24.3 Å². The van der Waals surface area contributed by atoms with Gasteiger partial charge >= 0.3 is 0 Å². The van der Waals surface area contributed by atoms with Crippen molar-refractivity contribution in [2.45, 2.75) is 11.4 Å². The fraction of sp³-hybridized carbons (Fsp3) is 0.250. The zero-order chi connectivity index (χ0) is 21.0. The van der Waals surface area contributed by atoms with Crippen molar-refractivity contribution in [1.29, 1.82) is 0 Å². The van der Waals surface area contributed by atoms with E-state index in [4.69, 9.17) is 4.74 Å². The third kappa shape index (κ3) is 4.40. The van der Waals surface area contributed by atoms with E-state index in [9.17, 15) is 13.2 Å². The number of hydrogen-bond donors (Lipinski definition) is 1. The molecule has 1 N–H and O–H groups in total. The predicted molar refractivity (Wildman–Crippen MR) is 110 cm³/mol. The Hall–Kier alpha value is -3.08. The lowest BCUT2D eigenvalue weighted by Gasteiger charge is -2.26. The first kappa shape index (κ1) is 20.2. The second kappa shape index (κ2) is 8.74. The van der Waals surface area contributed by atoms with Crippen LogP contribution >= 0.6 is 0 Å². The first-order valence-electron chi connectivity index (χ1n) is 9.44. The Bertz CT molecular complexity index is 1110. The molecule has 4 rings (SSSR count). The molecular formula is C20H21N5O4S. The summed E-state index contributed by atoms with van der Waals surface area (Å²) in [6.07, 6.45) is 3.10.